The topological polar surface area (TPSA) is 74.8 Å². The molecule has 1 aromatic carbocycles. The molecule has 108 valence electrons. The predicted octanol–water partition coefficient (Wildman–Crippen LogP) is 3.06. The van der Waals surface area contributed by atoms with Gasteiger partial charge in [0, 0.05) is 11.8 Å². The molecule has 5 nitrogen and oxygen atoms in total. The lowest BCUT2D eigenvalue weighted by Crippen LogP contribution is -2.13. The van der Waals surface area contributed by atoms with Gasteiger partial charge in [0.2, 0.25) is 0 Å². The Balaban J connectivity index is 2.23. The Hall–Kier alpha value is -1.41. The Labute approximate surface area is 124 Å². The first-order chi connectivity index (χ1) is 9.42. The van der Waals surface area contributed by atoms with Gasteiger partial charge in [-0.15, -0.1) is 0 Å². The molecule has 20 heavy (non-hydrogen) atoms. The normalized spacial score (nSPS) is 11.6. The van der Waals surface area contributed by atoms with E-state index in [1.54, 1.807) is 6.07 Å². The van der Waals surface area contributed by atoms with Crippen LogP contribution in [0.3, 0.4) is 0 Å². The van der Waals surface area contributed by atoms with E-state index in [0.717, 1.165) is 24.6 Å². The van der Waals surface area contributed by atoms with Crippen molar-refractivity contribution in [3.05, 3.63) is 40.2 Å². The summed E-state index contributed by atoms with van der Waals surface area (Å²) >= 11 is 2.98. The molecule has 1 heterocycles. The van der Waals surface area contributed by atoms with Gasteiger partial charge in [0.05, 0.1) is 9.37 Å². The molecule has 2 N–H and O–H groups in total. The summed E-state index contributed by atoms with van der Waals surface area (Å²) in [5.41, 5.74) is 0.840. The standard InChI is InChI=1S/C12H13BrFN3O2S/c1-2-3-8-6-12(16-15-8)17-20(18,19)9-4-5-10(13)11(14)7-9/h4-7H,2-3H2,1H3,(H2,15,16,17). The molecule has 0 saturated heterocycles. The van der Waals surface area contributed by atoms with Crippen LogP contribution in [0.5, 0.6) is 0 Å². The van der Waals surface area contributed by atoms with Crippen molar-refractivity contribution in [1.29, 1.82) is 0 Å². The molecule has 0 saturated carbocycles. The first kappa shape index (κ1) is 15.0. The fraction of sp³-hybridized carbons (Fsp3) is 0.250. The number of H-pyrrole nitrogens is 1. The van der Waals surface area contributed by atoms with Crippen LogP contribution in [0, 0.1) is 5.82 Å². The van der Waals surface area contributed by atoms with Gasteiger partial charge in [-0.05, 0) is 40.5 Å². The van der Waals surface area contributed by atoms with E-state index in [2.05, 4.69) is 30.8 Å². The second-order valence-electron chi connectivity index (χ2n) is 4.21. The minimum atomic E-state index is -3.85. The number of anilines is 1. The van der Waals surface area contributed by atoms with Crippen molar-refractivity contribution in [2.45, 2.75) is 24.7 Å². The third kappa shape index (κ3) is 3.37. The monoisotopic (exact) mass is 361 g/mol. The zero-order chi connectivity index (χ0) is 14.8. The average molecular weight is 362 g/mol. The van der Waals surface area contributed by atoms with Crippen molar-refractivity contribution < 1.29 is 12.8 Å². The van der Waals surface area contributed by atoms with Gasteiger partial charge >= 0.3 is 0 Å². The zero-order valence-electron chi connectivity index (χ0n) is 10.7. The van der Waals surface area contributed by atoms with Gasteiger partial charge in [-0.2, -0.15) is 5.10 Å². The van der Waals surface area contributed by atoms with Gasteiger partial charge in [0.25, 0.3) is 10.0 Å². The van der Waals surface area contributed by atoms with Crippen LogP contribution in [0.4, 0.5) is 10.2 Å². The molecule has 0 unspecified atom stereocenters. The number of nitrogens with zero attached hydrogens (tertiary/aromatic N) is 1. The number of aryl methyl sites for hydroxylation is 1. The minimum absolute atomic E-state index is 0.154. The van der Waals surface area contributed by atoms with Crippen LogP contribution in [0.1, 0.15) is 19.0 Å². The van der Waals surface area contributed by atoms with Crippen LogP contribution in [0.2, 0.25) is 0 Å². The molecule has 0 fully saturated rings. The van der Waals surface area contributed by atoms with E-state index >= 15 is 0 Å². The van der Waals surface area contributed by atoms with Crippen LogP contribution >= 0.6 is 15.9 Å². The number of halogens is 2. The number of aromatic nitrogens is 2. The van der Waals surface area contributed by atoms with Crippen molar-refractivity contribution in [2.75, 3.05) is 4.72 Å². The highest BCUT2D eigenvalue weighted by Gasteiger charge is 2.17. The van der Waals surface area contributed by atoms with Gasteiger partial charge in [-0.1, -0.05) is 13.3 Å². The van der Waals surface area contributed by atoms with E-state index < -0.39 is 15.8 Å². The van der Waals surface area contributed by atoms with E-state index in [4.69, 9.17) is 0 Å². The van der Waals surface area contributed by atoms with Gasteiger partial charge in [-0.3, -0.25) is 9.82 Å². The summed E-state index contributed by atoms with van der Waals surface area (Å²) in [5.74, 6) is -0.446. The molecule has 0 atom stereocenters. The number of aromatic amines is 1. The van der Waals surface area contributed by atoms with Crippen molar-refractivity contribution in [2.24, 2.45) is 0 Å². The van der Waals surface area contributed by atoms with Gasteiger partial charge in [0.15, 0.2) is 5.82 Å². The molecular weight excluding hydrogens is 349 g/mol. The SMILES string of the molecule is CCCc1cc(NS(=O)(=O)c2ccc(Br)c(F)c2)n[nH]1. The first-order valence-corrected chi connectivity index (χ1v) is 8.22. The summed E-state index contributed by atoms with van der Waals surface area (Å²) in [7, 11) is -3.85. The summed E-state index contributed by atoms with van der Waals surface area (Å²) in [6, 6.07) is 5.23. The number of sulfonamides is 1. The fourth-order valence-electron chi connectivity index (χ4n) is 1.65. The van der Waals surface area contributed by atoms with Crippen molar-refractivity contribution in [3.63, 3.8) is 0 Å². The molecule has 1 aromatic heterocycles. The van der Waals surface area contributed by atoms with Crippen LogP contribution < -0.4 is 4.72 Å². The van der Waals surface area contributed by atoms with Crippen molar-refractivity contribution in [3.8, 4) is 0 Å². The molecule has 0 bridgehead atoms. The lowest BCUT2D eigenvalue weighted by Gasteiger charge is -2.05. The quantitative estimate of drug-likeness (QED) is 0.859. The molecule has 0 spiro atoms. The van der Waals surface area contributed by atoms with E-state index in [1.165, 1.54) is 12.1 Å². The maximum absolute atomic E-state index is 13.4. The third-order valence-corrected chi connectivity index (χ3v) is 4.59. The maximum atomic E-state index is 13.4. The van der Waals surface area contributed by atoms with Gasteiger partial charge in [0.1, 0.15) is 5.82 Å². The van der Waals surface area contributed by atoms with Gasteiger partial charge < -0.3 is 0 Å². The molecular formula is C12H13BrFN3O2S. The van der Waals surface area contributed by atoms with Crippen LogP contribution in [0.15, 0.2) is 33.6 Å². The Morgan fingerprint density at radius 2 is 2.15 bits per heavy atom. The maximum Gasteiger partial charge on any atom is 0.263 e. The molecule has 8 heteroatoms. The Morgan fingerprint density at radius 3 is 2.80 bits per heavy atom. The molecule has 0 aliphatic carbocycles. The molecule has 0 aliphatic rings. The van der Waals surface area contributed by atoms with E-state index in [9.17, 15) is 12.8 Å². The number of rotatable bonds is 5. The van der Waals surface area contributed by atoms with Crippen molar-refractivity contribution >= 4 is 31.8 Å². The van der Waals surface area contributed by atoms with Crippen LogP contribution in [0.25, 0.3) is 0 Å². The van der Waals surface area contributed by atoms with Crippen molar-refractivity contribution in [1.82, 2.24) is 10.2 Å². The lowest BCUT2D eigenvalue weighted by molar-refractivity contribution is 0.593. The zero-order valence-corrected chi connectivity index (χ0v) is 13.1. The number of hydrogen-bond donors (Lipinski definition) is 2. The average Bonchev–Trinajstić information content (AvgIpc) is 2.79. The molecule has 0 amide bonds. The number of hydrogen-bond acceptors (Lipinski definition) is 3. The third-order valence-electron chi connectivity index (χ3n) is 2.59. The summed E-state index contributed by atoms with van der Waals surface area (Å²) in [5, 5.41) is 6.61. The highest BCUT2D eigenvalue weighted by Crippen LogP contribution is 2.21. The molecule has 2 aromatic rings. The molecule has 0 radical (unpaired) electrons. The number of nitrogens with one attached hydrogen (secondary N) is 2. The van der Waals surface area contributed by atoms with E-state index in [0.29, 0.717) is 0 Å². The van der Waals surface area contributed by atoms with Gasteiger partial charge in [-0.25, -0.2) is 12.8 Å². The Bertz CT molecular complexity index is 715. The minimum Gasteiger partial charge on any atom is -0.280 e. The molecule has 2 rings (SSSR count). The summed E-state index contributed by atoms with van der Waals surface area (Å²) in [6.07, 6.45) is 1.70. The summed E-state index contributed by atoms with van der Waals surface area (Å²) in [6.45, 7) is 2.01. The fourth-order valence-corrected chi connectivity index (χ4v) is 2.90. The van der Waals surface area contributed by atoms with E-state index in [-0.39, 0.29) is 15.2 Å². The highest BCUT2D eigenvalue weighted by atomic mass is 79.9. The first-order valence-electron chi connectivity index (χ1n) is 5.94. The predicted molar refractivity (Wildman–Crippen MR) is 77.5 cm³/mol. The second-order valence-corrected chi connectivity index (χ2v) is 6.75. The Kier molecular flexibility index (Phi) is 4.44. The largest absolute Gasteiger partial charge is 0.280 e. The second kappa shape index (κ2) is 5.92. The summed E-state index contributed by atoms with van der Waals surface area (Å²) < 4.78 is 40.1. The Morgan fingerprint density at radius 1 is 1.40 bits per heavy atom. The summed E-state index contributed by atoms with van der Waals surface area (Å²) in [4.78, 5) is -0.154. The number of benzene rings is 1. The molecule has 0 aliphatic heterocycles. The van der Waals surface area contributed by atoms with E-state index in [1.807, 2.05) is 6.92 Å². The lowest BCUT2D eigenvalue weighted by atomic mass is 10.2. The van der Waals surface area contributed by atoms with Crippen LogP contribution in [-0.2, 0) is 16.4 Å². The smallest absolute Gasteiger partial charge is 0.263 e. The highest BCUT2D eigenvalue weighted by molar-refractivity contribution is 9.10. The van der Waals surface area contributed by atoms with Crippen LogP contribution in [-0.4, -0.2) is 18.6 Å².